The molecule has 0 saturated carbocycles. The zero-order chi connectivity index (χ0) is 13.7. The van der Waals surface area contributed by atoms with Crippen molar-refractivity contribution in [2.45, 2.75) is 6.10 Å². The van der Waals surface area contributed by atoms with Gasteiger partial charge in [0.2, 0.25) is 0 Å². The average Bonchev–Trinajstić information content (AvgIpc) is 2.47. The lowest BCUT2D eigenvalue weighted by molar-refractivity contribution is 0.0420. The highest BCUT2D eigenvalue weighted by Crippen LogP contribution is 2.33. The number of hydrogen-bond donors (Lipinski definition) is 1. The molecule has 0 amide bonds. The lowest BCUT2D eigenvalue weighted by Gasteiger charge is -2.35. The fraction of sp³-hybridized carbons (Fsp3) is 0.571. The van der Waals surface area contributed by atoms with Gasteiger partial charge in [-0.3, -0.25) is 0 Å². The van der Waals surface area contributed by atoms with E-state index in [1.165, 1.54) is 0 Å². The topological polar surface area (TPSA) is 43.0 Å². The van der Waals surface area contributed by atoms with Crippen molar-refractivity contribution in [2.24, 2.45) is 0 Å². The molecule has 2 rings (SSSR count). The zero-order valence-corrected chi connectivity index (χ0v) is 11.8. The van der Waals surface area contributed by atoms with E-state index in [0.29, 0.717) is 0 Å². The van der Waals surface area contributed by atoms with Crippen molar-refractivity contribution in [1.29, 1.82) is 0 Å². The fourth-order valence-electron chi connectivity index (χ4n) is 2.34. The van der Waals surface area contributed by atoms with Gasteiger partial charge in [-0.05, 0) is 19.2 Å². The summed E-state index contributed by atoms with van der Waals surface area (Å²) < 4.78 is 16.4. The molecule has 1 saturated heterocycles. The number of hydrogen-bond acceptors (Lipinski definition) is 5. The van der Waals surface area contributed by atoms with Gasteiger partial charge in [0, 0.05) is 25.7 Å². The molecule has 0 aromatic heterocycles. The summed E-state index contributed by atoms with van der Waals surface area (Å²) in [4.78, 5) is 2.30. The molecule has 0 aliphatic carbocycles. The standard InChI is InChI=1S/C14H22N2O3/c1-15-9-12-10-16(6-7-19-12)13-5-4-11(17-2)8-14(13)18-3/h4-5,8,12,15H,6-7,9-10H2,1-3H3. The molecule has 106 valence electrons. The second kappa shape index (κ2) is 6.63. The third kappa shape index (κ3) is 3.30. The first-order chi connectivity index (χ1) is 9.28. The van der Waals surface area contributed by atoms with Gasteiger partial charge in [-0.1, -0.05) is 0 Å². The van der Waals surface area contributed by atoms with Crippen LogP contribution in [-0.2, 0) is 4.74 Å². The highest BCUT2D eigenvalue weighted by atomic mass is 16.5. The Bertz CT molecular complexity index is 410. The summed E-state index contributed by atoms with van der Waals surface area (Å²) in [6.45, 7) is 3.34. The highest BCUT2D eigenvalue weighted by Gasteiger charge is 2.22. The summed E-state index contributed by atoms with van der Waals surface area (Å²) in [5.41, 5.74) is 1.09. The van der Waals surface area contributed by atoms with Crippen LogP contribution in [0.15, 0.2) is 18.2 Å². The van der Waals surface area contributed by atoms with Gasteiger partial charge in [0.05, 0.1) is 32.6 Å². The SMILES string of the molecule is CNCC1CN(c2ccc(OC)cc2OC)CCO1. The summed E-state index contributed by atoms with van der Waals surface area (Å²) in [5.74, 6) is 1.64. The summed E-state index contributed by atoms with van der Waals surface area (Å²) in [5, 5.41) is 3.15. The largest absolute Gasteiger partial charge is 0.497 e. The molecule has 1 aliphatic heterocycles. The van der Waals surface area contributed by atoms with Crippen LogP contribution in [0.5, 0.6) is 11.5 Å². The van der Waals surface area contributed by atoms with Gasteiger partial charge in [0.1, 0.15) is 11.5 Å². The Kier molecular flexibility index (Phi) is 4.87. The number of nitrogens with one attached hydrogen (secondary N) is 1. The minimum absolute atomic E-state index is 0.213. The lowest BCUT2D eigenvalue weighted by atomic mass is 10.2. The molecular weight excluding hydrogens is 244 g/mol. The zero-order valence-electron chi connectivity index (χ0n) is 11.8. The smallest absolute Gasteiger partial charge is 0.145 e. The predicted octanol–water partition coefficient (Wildman–Crippen LogP) is 1.13. The van der Waals surface area contributed by atoms with Crippen molar-refractivity contribution in [3.63, 3.8) is 0 Å². The van der Waals surface area contributed by atoms with Crippen LogP contribution < -0.4 is 19.7 Å². The molecule has 0 bridgehead atoms. The van der Waals surface area contributed by atoms with E-state index in [2.05, 4.69) is 10.2 Å². The lowest BCUT2D eigenvalue weighted by Crippen LogP contribution is -2.46. The van der Waals surface area contributed by atoms with Crippen LogP contribution in [0.25, 0.3) is 0 Å². The van der Waals surface area contributed by atoms with Crippen LogP contribution in [0.3, 0.4) is 0 Å². The number of methoxy groups -OCH3 is 2. The van der Waals surface area contributed by atoms with E-state index in [4.69, 9.17) is 14.2 Å². The number of anilines is 1. The van der Waals surface area contributed by atoms with Crippen molar-refractivity contribution in [2.75, 3.05) is 52.4 Å². The number of ether oxygens (including phenoxy) is 3. The Hall–Kier alpha value is -1.46. The van der Waals surface area contributed by atoms with Crippen molar-refractivity contribution >= 4 is 5.69 Å². The predicted molar refractivity (Wildman–Crippen MR) is 75.4 cm³/mol. The first-order valence-corrected chi connectivity index (χ1v) is 6.51. The monoisotopic (exact) mass is 266 g/mol. The molecule has 5 heteroatoms. The van der Waals surface area contributed by atoms with E-state index < -0.39 is 0 Å². The average molecular weight is 266 g/mol. The van der Waals surface area contributed by atoms with Crippen molar-refractivity contribution in [3.8, 4) is 11.5 Å². The van der Waals surface area contributed by atoms with Crippen LogP contribution in [0.4, 0.5) is 5.69 Å². The van der Waals surface area contributed by atoms with E-state index in [-0.39, 0.29) is 6.10 Å². The normalized spacial score (nSPS) is 19.3. The minimum Gasteiger partial charge on any atom is -0.497 e. The molecule has 5 nitrogen and oxygen atoms in total. The summed E-state index contributed by atoms with van der Waals surface area (Å²) in [6.07, 6.45) is 0.213. The minimum atomic E-state index is 0.213. The van der Waals surface area contributed by atoms with Crippen molar-refractivity contribution in [1.82, 2.24) is 5.32 Å². The van der Waals surface area contributed by atoms with E-state index in [1.54, 1.807) is 14.2 Å². The third-order valence-electron chi connectivity index (χ3n) is 3.30. The third-order valence-corrected chi connectivity index (χ3v) is 3.30. The van der Waals surface area contributed by atoms with E-state index in [0.717, 1.165) is 43.4 Å². The van der Waals surface area contributed by atoms with Gasteiger partial charge in [0.25, 0.3) is 0 Å². The molecule has 1 N–H and O–H groups in total. The second-order valence-electron chi connectivity index (χ2n) is 4.53. The molecule has 0 radical (unpaired) electrons. The first-order valence-electron chi connectivity index (χ1n) is 6.51. The van der Waals surface area contributed by atoms with Gasteiger partial charge < -0.3 is 24.4 Å². The number of rotatable bonds is 5. The first kappa shape index (κ1) is 14.0. The van der Waals surface area contributed by atoms with Crippen LogP contribution in [0.2, 0.25) is 0 Å². The van der Waals surface area contributed by atoms with Gasteiger partial charge >= 0.3 is 0 Å². The molecule has 1 heterocycles. The molecule has 1 aliphatic rings. The van der Waals surface area contributed by atoms with Gasteiger partial charge in [-0.15, -0.1) is 0 Å². The Labute approximate surface area is 114 Å². The fourth-order valence-corrected chi connectivity index (χ4v) is 2.34. The van der Waals surface area contributed by atoms with E-state index in [9.17, 15) is 0 Å². The molecular formula is C14H22N2O3. The molecule has 1 fully saturated rings. The van der Waals surface area contributed by atoms with Gasteiger partial charge in [-0.2, -0.15) is 0 Å². The number of nitrogens with zero attached hydrogens (tertiary/aromatic N) is 1. The van der Waals surface area contributed by atoms with Crippen LogP contribution in [-0.4, -0.2) is 53.6 Å². The van der Waals surface area contributed by atoms with Crippen LogP contribution in [0.1, 0.15) is 0 Å². The van der Waals surface area contributed by atoms with E-state index >= 15 is 0 Å². The molecule has 0 spiro atoms. The van der Waals surface area contributed by atoms with Gasteiger partial charge in [-0.25, -0.2) is 0 Å². The van der Waals surface area contributed by atoms with Crippen molar-refractivity contribution in [3.05, 3.63) is 18.2 Å². The number of morpholine rings is 1. The highest BCUT2D eigenvalue weighted by molar-refractivity contribution is 5.61. The molecule has 19 heavy (non-hydrogen) atoms. The Morgan fingerprint density at radius 2 is 2.21 bits per heavy atom. The Balaban J connectivity index is 2.16. The maximum Gasteiger partial charge on any atom is 0.145 e. The molecule has 1 atom stereocenters. The second-order valence-corrected chi connectivity index (χ2v) is 4.53. The maximum absolute atomic E-state index is 5.72. The van der Waals surface area contributed by atoms with Gasteiger partial charge in [0.15, 0.2) is 0 Å². The van der Waals surface area contributed by atoms with Crippen molar-refractivity contribution < 1.29 is 14.2 Å². The summed E-state index contributed by atoms with van der Waals surface area (Å²) >= 11 is 0. The number of benzene rings is 1. The Morgan fingerprint density at radius 3 is 2.89 bits per heavy atom. The molecule has 1 unspecified atom stereocenters. The maximum atomic E-state index is 5.72. The summed E-state index contributed by atoms with van der Waals surface area (Å²) in [7, 11) is 5.28. The summed E-state index contributed by atoms with van der Waals surface area (Å²) in [6, 6.07) is 5.91. The quantitative estimate of drug-likeness (QED) is 0.865. The molecule has 1 aromatic rings. The van der Waals surface area contributed by atoms with Crippen LogP contribution >= 0.6 is 0 Å². The van der Waals surface area contributed by atoms with E-state index in [1.807, 2.05) is 25.2 Å². The Morgan fingerprint density at radius 1 is 1.37 bits per heavy atom. The van der Waals surface area contributed by atoms with Crippen LogP contribution in [0, 0.1) is 0 Å². The molecule has 1 aromatic carbocycles. The number of likely N-dealkylation sites (N-methyl/N-ethyl adjacent to an activating group) is 1.